The Balaban J connectivity index is 1.65. The summed E-state index contributed by atoms with van der Waals surface area (Å²) in [6, 6.07) is 11.7. The Bertz CT molecular complexity index is 1520. The number of hydrogen-bond donors (Lipinski definition) is 1. The molecule has 1 unspecified atom stereocenters. The van der Waals surface area contributed by atoms with Gasteiger partial charge in [0.05, 0.1) is 35.0 Å². The molecule has 3 aromatic heterocycles. The maximum absolute atomic E-state index is 13.4. The van der Waals surface area contributed by atoms with E-state index in [1.807, 2.05) is 0 Å². The zero-order valence-electron chi connectivity index (χ0n) is 19.0. The summed E-state index contributed by atoms with van der Waals surface area (Å²) < 4.78 is 37.1. The smallest absolute Gasteiger partial charge is 0.340 e. The Labute approximate surface area is 206 Å². The van der Waals surface area contributed by atoms with Crippen molar-refractivity contribution in [1.82, 2.24) is 18.9 Å². The molecule has 184 valence electrons. The number of ether oxygens (including phenoxy) is 2. The van der Waals surface area contributed by atoms with Crippen LogP contribution in [0.25, 0.3) is 22.7 Å². The zero-order valence-corrected chi connectivity index (χ0v) is 20.5. The van der Waals surface area contributed by atoms with Gasteiger partial charge in [-0.15, -0.1) is 0 Å². The molecule has 35 heavy (non-hydrogen) atoms. The van der Waals surface area contributed by atoms with E-state index < -0.39 is 21.7 Å². The lowest BCUT2D eigenvalue weighted by molar-refractivity contribution is 0.123. The molecular formula is C23H23ClN4O6S. The van der Waals surface area contributed by atoms with Crippen LogP contribution in [-0.2, 0) is 9.84 Å². The van der Waals surface area contributed by atoms with Crippen LogP contribution in [0.1, 0.15) is 6.92 Å². The fourth-order valence-corrected chi connectivity index (χ4v) is 4.51. The molecule has 12 heteroatoms. The normalized spacial score (nSPS) is 12.6. The SMILES string of the molecule is CCS(=O)(=O)CC(O)COc1ccc(-n2cnc3ccc(-c4ccc(Cl)cn4)n3c2=O)cc1OC. The van der Waals surface area contributed by atoms with Gasteiger partial charge < -0.3 is 14.6 Å². The number of aliphatic hydroxyl groups is 1. The number of aromatic nitrogens is 4. The van der Waals surface area contributed by atoms with Gasteiger partial charge in [-0.2, -0.15) is 0 Å². The average molecular weight is 519 g/mol. The summed E-state index contributed by atoms with van der Waals surface area (Å²) >= 11 is 5.93. The number of aliphatic hydroxyl groups excluding tert-OH is 1. The minimum Gasteiger partial charge on any atom is -0.493 e. The molecule has 10 nitrogen and oxygen atoms in total. The van der Waals surface area contributed by atoms with Gasteiger partial charge in [0.15, 0.2) is 21.3 Å². The second-order valence-corrected chi connectivity index (χ2v) is 10.5. The van der Waals surface area contributed by atoms with Gasteiger partial charge in [-0.05, 0) is 36.4 Å². The number of pyridine rings is 1. The Morgan fingerprint density at radius 1 is 1.11 bits per heavy atom. The van der Waals surface area contributed by atoms with Crippen molar-refractivity contribution < 1.29 is 23.0 Å². The maximum Gasteiger partial charge on any atom is 0.340 e. The van der Waals surface area contributed by atoms with E-state index in [1.54, 1.807) is 42.5 Å². The second-order valence-electron chi connectivity index (χ2n) is 7.67. The van der Waals surface area contributed by atoms with Gasteiger partial charge in [-0.1, -0.05) is 18.5 Å². The van der Waals surface area contributed by atoms with Crippen molar-refractivity contribution in [3.8, 4) is 28.6 Å². The summed E-state index contributed by atoms with van der Waals surface area (Å²) in [5, 5.41) is 10.5. The summed E-state index contributed by atoms with van der Waals surface area (Å²) in [5.41, 5.74) is 1.68. The van der Waals surface area contributed by atoms with Crippen LogP contribution < -0.4 is 15.2 Å². The van der Waals surface area contributed by atoms with Crippen molar-refractivity contribution in [2.45, 2.75) is 13.0 Å². The van der Waals surface area contributed by atoms with Crippen molar-refractivity contribution >= 4 is 27.1 Å². The maximum atomic E-state index is 13.4. The van der Waals surface area contributed by atoms with Crippen molar-refractivity contribution in [3.05, 3.63) is 70.5 Å². The molecule has 0 amide bonds. The van der Waals surface area contributed by atoms with Crippen LogP contribution >= 0.6 is 11.6 Å². The number of hydrogen-bond acceptors (Lipinski definition) is 8. The number of nitrogens with zero attached hydrogens (tertiary/aromatic N) is 4. The van der Waals surface area contributed by atoms with Gasteiger partial charge in [0.2, 0.25) is 0 Å². The fraction of sp³-hybridized carbons (Fsp3) is 0.261. The highest BCUT2D eigenvalue weighted by Crippen LogP contribution is 2.29. The number of rotatable bonds is 9. The molecule has 4 aromatic rings. The van der Waals surface area contributed by atoms with Gasteiger partial charge in [-0.3, -0.25) is 9.55 Å². The largest absolute Gasteiger partial charge is 0.493 e. The monoisotopic (exact) mass is 518 g/mol. The highest BCUT2D eigenvalue weighted by atomic mass is 35.5. The zero-order chi connectivity index (χ0) is 25.2. The van der Waals surface area contributed by atoms with Gasteiger partial charge >= 0.3 is 5.69 Å². The molecule has 3 heterocycles. The predicted octanol–water partition coefficient (Wildman–Crippen LogP) is 2.38. The lowest BCUT2D eigenvalue weighted by Crippen LogP contribution is -2.28. The summed E-state index contributed by atoms with van der Waals surface area (Å²) in [5.74, 6) is 0.129. The van der Waals surface area contributed by atoms with E-state index in [4.69, 9.17) is 21.1 Å². The Kier molecular flexibility index (Phi) is 7.10. The third-order valence-electron chi connectivity index (χ3n) is 5.30. The molecule has 0 fully saturated rings. The van der Waals surface area contributed by atoms with Crippen molar-refractivity contribution in [2.75, 3.05) is 25.2 Å². The fourth-order valence-electron chi connectivity index (χ4n) is 3.48. The number of methoxy groups -OCH3 is 1. The lowest BCUT2D eigenvalue weighted by atomic mass is 10.2. The molecule has 0 aliphatic carbocycles. The van der Waals surface area contributed by atoms with E-state index in [2.05, 4.69) is 9.97 Å². The van der Waals surface area contributed by atoms with Crippen LogP contribution in [0.15, 0.2) is 59.8 Å². The predicted molar refractivity (Wildman–Crippen MR) is 131 cm³/mol. The number of halogens is 1. The van der Waals surface area contributed by atoms with Crippen molar-refractivity contribution in [3.63, 3.8) is 0 Å². The third kappa shape index (κ3) is 5.31. The summed E-state index contributed by atoms with van der Waals surface area (Å²) in [6.45, 7) is 1.28. The molecule has 0 bridgehead atoms. The average Bonchev–Trinajstić information content (AvgIpc) is 3.28. The molecule has 0 radical (unpaired) electrons. The quantitative estimate of drug-likeness (QED) is 0.358. The first-order valence-electron chi connectivity index (χ1n) is 10.6. The molecule has 0 aliphatic rings. The van der Waals surface area contributed by atoms with E-state index in [9.17, 15) is 18.3 Å². The lowest BCUT2D eigenvalue weighted by Gasteiger charge is -2.16. The molecule has 0 saturated carbocycles. The highest BCUT2D eigenvalue weighted by Gasteiger charge is 2.18. The highest BCUT2D eigenvalue weighted by molar-refractivity contribution is 7.91. The summed E-state index contributed by atoms with van der Waals surface area (Å²) in [4.78, 5) is 22.0. The first-order chi connectivity index (χ1) is 16.7. The number of fused-ring (bicyclic) bond motifs is 1. The van der Waals surface area contributed by atoms with E-state index in [-0.39, 0.29) is 18.0 Å². The van der Waals surface area contributed by atoms with Crippen LogP contribution in [0.2, 0.25) is 5.02 Å². The molecule has 1 N–H and O–H groups in total. The molecular weight excluding hydrogens is 496 g/mol. The molecule has 1 aromatic carbocycles. The molecule has 0 spiro atoms. The summed E-state index contributed by atoms with van der Waals surface area (Å²) in [6.07, 6.45) is 1.72. The van der Waals surface area contributed by atoms with Gasteiger partial charge in [0.25, 0.3) is 0 Å². The van der Waals surface area contributed by atoms with Crippen molar-refractivity contribution in [2.24, 2.45) is 0 Å². The standard InChI is InChI=1S/C23H23ClN4O6S/c1-3-35(31,32)13-17(29)12-34-20-8-5-16(10-21(20)33-2)27-14-26-22-9-7-19(28(22)23(27)30)18-6-4-15(24)11-25-18/h4-11,14,17,29H,3,12-13H2,1-2H3. The van der Waals surface area contributed by atoms with Crippen LogP contribution in [0.3, 0.4) is 0 Å². The minimum atomic E-state index is -3.34. The van der Waals surface area contributed by atoms with Crippen LogP contribution in [-0.4, -0.2) is 63.8 Å². The van der Waals surface area contributed by atoms with Gasteiger partial charge in [0, 0.05) is 18.0 Å². The minimum absolute atomic E-state index is 0.0631. The Morgan fingerprint density at radius 2 is 1.91 bits per heavy atom. The van der Waals surface area contributed by atoms with Gasteiger partial charge in [0.1, 0.15) is 24.7 Å². The van der Waals surface area contributed by atoms with E-state index in [1.165, 1.54) is 35.5 Å². The molecule has 0 aliphatic heterocycles. The Morgan fingerprint density at radius 3 is 2.60 bits per heavy atom. The van der Waals surface area contributed by atoms with Gasteiger partial charge in [-0.25, -0.2) is 22.6 Å². The second kappa shape index (κ2) is 10.1. The molecule has 0 saturated heterocycles. The van der Waals surface area contributed by atoms with E-state index in [0.717, 1.165) is 0 Å². The number of benzene rings is 1. The Hall–Kier alpha value is -3.41. The van der Waals surface area contributed by atoms with Crippen LogP contribution in [0, 0.1) is 0 Å². The first kappa shape index (κ1) is 24.7. The summed E-state index contributed by atoms with van der Waals surface area (Å²) in [7, 11) is -1.91. The first-order valence-corrected chi connectivity index (χ1v) is 12.8. The third-order valence-corrected chi connectivity index (χ3v) is 7.29. The topological polar surface area (TPSA) is 125 Å². The van der Waals surface area contributed by atoms with Crippen LogP contribution in [0.5, 0.6) is 11.5 Å². The van der Waals surface area contributed by atoms with Crippen molar-refractivity contribution in [1.29, 1.82) is 0 Å². The molecule has 4 rings (SSSR count). The van der Waals surface area contributed by atoms with E-state index in [0.29, 0.717) is 39.2 Å². The number of sulfone groups is 1. The molecule has 1 atom stereocenters. The van der Waals surface area contributed by atoms with Crippen LogP contribution in [0.4, 0.5) is 0 Å². The van der Waals surface area contributed by atoms with E-state index >= 15 is 0 Å².